The van der Waals surface area contributed by atoms with Gasteiger partial charge in [-0.25, -0.2) is 4.79 Å². The molecular weight excluding hydrogens is 1090 g/mol. The molecular formula is C54H38N2O14S6. The Morgan fingerprint density at radius 2 is 0.803 bits per heavy atom. The predicted octanol–water partition coefficient (Wildman–Crippen LogP) is 12.8. The number of aromatic nitrogens is 1. The number of fused-ring (bicyclic) bond motifs is 9. The lowest BCUT2D eigenvalue weighted by molar-refractivity contribution is -0.132. The third kappa shape index (κ3) is 7.02. The minimum Gasteiger partial charge on any atom is -0.485 e. The van der Waals surface area contributed by atoms with Gasteiger partial charge in [0.2, 0.25) is 0 Å². The monoisotopic (exact) mass is 1130 g/mol. The van der Waals surface area contributed by atoms with Gasteiger partial charge in [-0.3, -0.25) is 0 Å². The summed E-state index contributed by atoms with van der Waals surface area (Å²) in [6.45, 7) is 7.16. The van der Waals surface area contributed by atoms with Crippen LogP contribution in [0.3, 0.4) is 0 Å². The van der Waals surface area contributed by atoms with E-state index in [2.05, 4.69) is 54.0 Å². The summed E-state index contributed by atoms with van der Waals surface area (Å²) in [5, 5.41) is 21.7. The minimum atomic E-state index is -1.34. The number of para-hydroxylation sites is 1. The van der Waals surface area contributed by atoms with Gasteiger partial charge < -0.3 is 66.5 Å². The first-order valence-corrected chi connectivity index (χ1v) is 29.3. The summed E-state index contributed by atoms with van der Waals surface area (Å²) in [6.07, 6.45) is 1.31. The zero-order chi connectivity index (χ0) is 50.8. The Morgan fingerprint density at radius 3 is 1.18 bits per heavy atom. The maximum absolute atomic E-state index is 11.9. The van der Waals surface area contributed by atoms with Crippen molar-refractivity contribution < 1.29 is 66.7 Å². The Balaban J connectivity index is 0.860. The molecule has 16 nitrogen and oxygen atoms in total. The van der Waals surface area contributed by atoms with Crippen LogP contribution < -0.4 is 56.8 Å². The van der Waals surface area contributed by atoms with Crippen LogP contribution in [-0.4, -0.2) is 94.9 Å². The van der Waals surface area contributed by atoms with Gasteiger partial charge in [0.1, 0.15) is 90.9 Å². The van der Waals surface area contributed by atoms with Crippen LogP contribution >= 0.6 is 68.0 Å². The maximum Gasteiger partial charge on any atom is 0.346 e. The first-order chi connectivity index (χ1) is 37.4. The number of rotatable bonds is 9. The van der Waals surface area contributed by atoms with Crippen LogP contribution in [0.4, 0.5) is 0 Å². The largest absolute Gasteiger partial charge is 0.485 e. The van der Waals surface area contributed by atoms with Crippen molar-refractivity contribution in [2.75, 3.05) is 79.3 Å². The Labute approximate surface area is 455 Å². The second-order valence-electron chi connectivity index (χ2n) is 17.7. The molecule has 0 fully saturated rings. The number of ether oxygens (including phenoxy) is 12. The summed E-state index contributed by atoms with van der Waals surface area (Å²) in [6, 6.07) is 17.0. The number of thiophene rings is 6. The first kappa shape index (κ1) is 46.1. The van der Waals surface area contributed by atoms with Gasteiger partial charge in [0.25, 0.3) is 0 Å². The summed E-state index contributed by atoms with van der Waals surface area (Å²) in [4.78, 5) is 21.3. The summed E-state index contributed by atoms with van der Waals surface area (Å²) >= 11 is 8.92. The summed E-state index contributed by atoms with van der Waals surface area (Å²) in [5.41, 5.74) is 3.00. The molecule has 0 unspecified atom stereocenters. The molecule has 6 aliphatic rings. The molecule has 0 amide bonds. The quantitative estimate of drug-likeness (QED) is 0.107. The van der Waals surface area contributed by atoms with E-state index >= 15 is 0 Å². The Bertz CT molecular complexity index is 3990. The topological polar surface area (TPSA) is 177 Å². The standard InChI is InChI=1S/C54H38N2O14S6/c1-2-56-28-6-4-3-5-26(28)27-21-24(7-8-29(27)56)43-33-34(62-12-11-61-33)46(72-43)47-37-38(66-16-15-65-37)50(74-47)51-41-42(70-20-19-69-41)53(76-51)52-40-39(67-17-18-68-40)49(75-52)48-36-35(63-13-14-64-36)45(73-48)44-32-31(59-9-10-60-32)30(71-44)22-25(23-55)54(57)58/h3-8,21-22H,2,9-20H2,1H3,(H,57,58)/b25-22+. The zero-order valence-corrected chi connectivity index (χ0v) is 44.8. The van der Waals surface area contributed by atoms with Crippen LogP contribution in [0.15, 0.2) is 48.0 Å². The molecule has 9 aromatic rings. The molecule has 384 valence electrons. The van der Waals surface area contributed by atoms with Crippen molar-refractivity contribution in [3.63, 3.8) is 0 Å². The molecule has 7 aromatic heterocycles. The lowest BCUT2D eigenvalue weighted by atomic mass is 10.1. The predicted molar refractivity (Wildman–Crippen MR) is 292 cm³/mol. The van der Waals surface area contributed by atoms with Gasteiger partial charge in [0.15, 0.2) is 69.0 Å². The van der Waals surface area contributed by atoms with Gasteiger partial charge >= 0.3 is 5.97 Å². The van der Waals surface area contributed by atoms with Crippen molar-refractivity contribution in [3.8, 4) is 134 Å². The highest BCUT2D eigenvalue weighted by atomic mass is 32.1. The molecule has 0 saturated carbocycles. The minimum absolute atomic E-state index is 0.264. The molecule has 2 aromatic carbocycles. The van der Waals surface area contributed by atoms with E-state index in [-0.39, 0.29) is 13.2 Å². The molecule has 76 heavy (non-hydrogen) atoms. The molecule has 6 aliphatic heterocycles. The molecule has 15 rings (SSSR count). The number of carbonyl (C=O) groups is 1. The van der Waals surface area contributed by atoms with Crippen LogP contribution in [0.2, 0.25) is 0 Å². The van der Waals surface area contributed by atoms with Crippen LogP contribution in [-0.2, 0) is 11.3 Å². The summed E-state index contributed by atoms with van der Waals surface area (Å²) < 4.78 is 79.7. The molecule has 1 N–H and O–H groups in total. The Kier molecular flexibility index (Phi) is 11.0. The van der Waals surface area contributed by atoms with Crippen LogP contribution in [0.25, 0.3) is 87.1 Å². The van der Waals surface area contributed by atoms with E-state index in [0.717, 1.165) is 61.8 Å². The maximum atomic E-state index is 11.9. The van der Waals surface area contributed by atoms with E-state index in [9.17, 15) is 15.2 Å². The zero-order valence-electron chi connectivity index (χ0n) is 39.9. The fourth-order valence-electron chi connectivity index (χ4n) is 10.3. The number of nitrogens with zero attached hydrogens (tertiary/aromatic N) is 2. The van der Waals surface area contributed by atoms with E-state index in [1.54, 1.807) is 28.7 Å². The number of aryl methyl sites for hydroxylation is 1. The van der Waals surface area contributed by atoms with Crippen molar-refractivity contribution in [2.45, 2.75) is 13.5 Å². The lowest BCUT2D eigenvalue weighted by Gasteiger charge is -2.19. The number of hydrogen-bond donors (Lipinski definition) is 1. The number of nitriles is 1. The third-order valence-electron chi connectivity index (χ3n) is 13.4. The van der Waals surface area contributed by atoms with E-state index < -0.39 is 11.5 Å². The number of carboxylic acid groups (broad SMARTS) is 1. The second kappa shape index (κ2) is 18.2. The van der Waals surface area contributed by atoms with E-state index in [1.807, 2.05) is 0 Å². The Morgan fingerprint density at radius 1 is 0.474 bits per heavy atom. The van der Waals surface area contributed by atoms with Gasteiger partial charge in [-0.15, -0.1) is 68.0 Å². The molecule has 0 bridgehead atoms. The normalized spacial score (nSPS) is 16.0. The van der Waals surface area contributed by atoms with Gasteiger partial charge in [0, 0.05) is 28.4 Å². The average molecular weight is 1130 g/mol. The number of aliphatic carboxylic acids is 1. The molecule has 0 saturated heterocycles. The van der Waals surface area contributed by atoms with Crippen LogP contribution in [0.1, 0.15) is 11.8 Å². The van der Waals surface area contributed by atoms with Crippen molar-refractivity contribution >= 4 is 102 Å². The second-order valence-corrected chi connectivity index (χ2v) is 23.9. The summed E-state index contributed by atoms with van der Waals surface area (Å²) in [7, 11) is 0. The molecule has 22 heteroatoms. The van der Waals surface area contributed by atoms with Crippen LogP contribution in [0, 0.1) is 11.3 Å². The van der Waals surface area contributed by atoms with E-state index in [1.165, 1.54) is 73.2 Å². The van der Waals surface area contributed by atoms with Crippen molar-refractivity contribution in [1.29, 1.82) is 5.26 Å². The molecule has 13 heterocycles. The fraction of sp³-hybridized carbons (Fsp3) is 0.259. The van der Waals surface area contributed by atoms with Gasteiger partial charge in [-0.05, 0) is 36.8 Å². The van der Waals surface area contributed by atoms with Gasteiger partial charge in [0.05, 0.1) is 58.5 Å². The number of hydrogen-bond acceptors (Lipinski definition) is 20. The fourth-order valence-corrected chi connectivity index (χ4v) is 18.0. The van der Waals surface area contributed by atoms with Crippen molar-refractivity contribution in [2.24, 2.45) is 0 Å². The van der Waals surface area contributed by atoms with Crippen LogP contribution in [0.5, 0.6) is 69.0 Å². The highest BCUT2D eigenvalue weighted by molar-refractivity contribution is 7.32. The van der Waals surface area contributed by atoms with Gasteiger partial charge in [-0.1, -0.05) is 24.3 Å². The number of benzene rings is 2. The highest BCUT2D eigenvalue weighted by Crippen LogP contribution is 2.69. The smallest absolute Gasteiger partial charge is 0.346 e. The van der Waals surface area contributed by atoms with E-state index in [4.69, 9.17) is 56.8 Å². The lowest BCUT2D eigenvalue weighted by Crippen LogP contribution is -2.16. The molecule has 0 spiro atoms. The SMILES string of the molecule is CCn1c2ccccc2c2cc(-c3sc(-c4sc(-c5sc(-c6sc(-c7sc(-c8sc(/C=C(\C#N)C(=O)O)c9c8OCCO9)c8c7OCCO8)c7c6OCCO7)c6c5OCCO6)c5c4OCCO5)c4c3OCCO4)ccc21. The molecule has 0 aliphatic carbocycles. The highest BCUT2D eigenvalue weighted by Gasteiger charge is 2.41. The van der Waals surface area contributed by atoms with Crippen molar-refractivity contribution in [3.05, 3.63) is 52.9 Å². The molecule has 0 radical (unpaired) electrons. The summed E-state index contributed by atoms with van der Waals surface area (Å²) in [5.74, 6) is 5.56. The van der Waals surface area contributed by atoms with Gasteiger partial charge in [-0.2, -0.15) is 5.26 Å². The first-order valence-electron chi connectivity index (χ1n) is 24.4. The molecule has 0 atom stereocenters. The Hall–Kier alpha value is -7.26. The van der Waals surface area contributed by atoms with E-state index in [0.29, 0.717) is 144 Å². The average Bonchev–Trinajstić information content (AvgIpc) is 4.35. The van der Waals surface area contributed by atoms with Crippen molar-refractivity contribution in [1.82, 2.24) is 4.57 Å². The number of carboxylic acids is 1. The third-order valence-corrected chi connectivity index (χ3v) is 21.2.